The zero-order valence-corrected chi connectivity index (χ0v) is 13.1. The number of carbonyl (C=O) groups excluding carboxylic acids is 1. The third-order valence-electron chi connectivity index (χ3n) is 3.01. The summed E-state index contributed by atoms with van der Waals surface area (Å²) >= 11 is 0. The largest absolute Gasteiger partial charge is 0.497 e. The van der Waals surface area contributed by atoms with Crippen LogP contribution in [0.4, 0.5) is 0 Å². The highest BCUT2D eigenvalue weighted by Crippen LogP contribution is 2.19. The molecule has 0 saturated carbocycles. The van der Waals surface area contributed by atoms with Gasteiger partial charge in [-0.1, -0.05) is 0 Å². The van der Waals surface area contributed by atoms with Gasteiger partial charge in [0.1, 0.15) is 11.4 Å². The lowest BCUT2D eigenvalue weighted by molar-refractivity contribution is 0.0520. The molecule has 2 rings (SSSR count). The summed E-state index contributed by atoms with van der Waals surface area (Å²) in [6.45, 7) is 1.97. The van der Waals surface area contributed by atoms with Crippen LogP contribution in [-0.2, 0) is 20.3 Å². The van der Waals surface area contributed by atoms with Gasteiger partial charge in [-0.25, -0.2) is 13.2 Å². The number of H-pyrrole nitrogens is 1. The van der Waals surface area contributed by atoms with Crippen LogP contribution in [0.5, 0.6) is 5.75 Å². The van der Waals surface area contributed by atoms with Gasteiger partial charge in [0.2, 0.25) is 0 Å². The van der Waals surface area contributed by atoms with Gasteiger partial charge in [0.25, 0.3) is 0 Å². The number of rotatable bonds is 6. The minimum absolute atomic E-state index is 0.195. The van der Waals surface area contributed by atoms with Gasteiger partial charge in [0.05, 0.1) is 24.4 Å². The third kappa shape index (κ3) is 3.67. The Kier molecular flexibility index (Phi) is 4.87. The number of esters is 1. The Morgan fingerprint density at radius 3 is 2.41 bits per heavy atom. The summed E-state index contributed by atoms with van der Waals surface area (Å²) in [4.78, 5) is 14.5. The van der Waals surface area contributed by atoms with Gasteiger partial charge in [-0.3, -0.25) is 0 Å². The van der Waals surface area contributed by atoms with Crippen LogP contribution < -0.4 is 4.74 Å². The van der Waals surface area contributed by atoms with Crippen molar-refractivity contribution in [1.29, 1.82) is 0 Å². The first-order valence-electron chi connectivity index (χ1n) is 6.68. The second kappa shape index (κ2) is 6.65. The molecule has 0 fully saturated rings. The zero-order valence-electron chi connectivity index (χ0n) is 12.3. The van der Waals surface area contributed by atoms with E-state index in [0.29, 0.717) is 11.4 Å². The lowest BCUT2D eigenvalue weighted by atomic mass is 10.3. The van der Waals surface area contributed by atoms with Crippen molar-refractivity contribution in [3.8, 4) is 5.75 Å². The van der Waals surface area contributed by atoms with E-state index in [9.17, 15) is 13.2 Å². The molecule has 22 heavy (non-hydrogen) atoms. The number of methoxy groups -OCH3 is 1. The first-order valence-corrected chi connectivity index (χ1v) is 8.33. The molecule has 2 aromatic rings. The van der Waals surface area contributed by atoms with E-state index in [1.54, 1.807) is 25.1 Å². The second-order valence-corrected chi connectivity index (χ2v) is 6.54. The van der Waals surface area contributed by atoms with E-state index in [4.69, 9.17) is 9.47 Å². The van der Waals surface area contributed by atoms with E-state index in [1.165, 1.54) is 25.3 Å². The number of carbonyl (C=O) groups is 1. The van der Waals surface area contributed by atoms with Gasteiger partial charge in [0, 0.05) is 5.69 Å². The lowest BCUT2D eigenvalue weighted by Gasteiger charge is -2.05. The van der Waals surface area contributed by atoms with Crippen molar-refractivity contribution < 1.29 is 22.7 Å². The molecule has 0 aliphatic carbocycles. The van der Waals surface area contributed by atoms with E-state index < -0.39 is 15.8 Å². The molecule has 0 bridgehead atoms. The fraction of sp³-hybridized carbons (Fsp3) is 0.267. The molecule has 118 valence electrons. The van der Waals surface area contributed by atoms with E-state index in [2.05, 4.69) is 4.98 Å². The number of sulfone groups is 1. The van der Waals surface area contributed by atoms with Gasteiger partial charge in [-0.05, 0) is 43.3 Å². The first kappa shape index (κ1) is 16.1. The molecule has 1 aromatic heterocycles. The molecule has 0 atom stereocenters. The molecule has 1 N–H and O–H groups in total. The highest BCUT2D eigenvalue weighted by atomic mass is 32.2. The maximum Gasteiger partial charge on any atom is 0.354 e. The maximum atomic E-state index is 12.3. The minimum atomic E-state index is -3.50. The molecule has 7 heteroatoms. The van der Waals surface area contributed by atoms with E-state index in [0.717, 1.165) is 0 Å². The van der Waals surface area contributed by atoms with Crippen LogP contribution >= 0.6 is 0 Å². The summed E-state index contributed by atoms with van der Waals surface area (Å²) in [5.74, 6) is -0.141. The van der Waals surface area contributed by atoms with Gasteiger partial charge in [-0.15, -0.1) is 0 Å². The predicted octanol–water partition coefficient (Wildman–Crippen LogP) is 2.17. The first-order chi connectivity index (χ1) is 10.5. The molecule has 0 unspecified atom stereocenters. The maximum absolute atomic E-state index is 12.3. The molecular weight excluding hydrogens is 306 g/mol. The number of aromatic nitrogens is 1. The summed E-state index contributed by atoms with van der Waals surface area (Å²) in [6, 6.07) is 9.23. The van der Waals surface area contributed by atoms with Crippen molar-refractivity contribution in [2.45, 2.75) is 17.6 Å². The van der Waals surface area contributed by atoms with Crippen LogP contribution in [0, 0.1) is 0 Å². The predicted molar refractivity (Wildman–Crippen MR) is 80.6 cm³/mol. The molecule has 0 aliphatic heterocycles. The van der Waals surface area contributed by atoms with E-state index in [-0.39, 0.29) is 22.9 Å². The highest BCUT2D eigenvalue weighted by Gasteiger charge is 2.18. The highest BCUT2D eigenvalue weighted by molar-refractivity contribution is 7.90. The number of aromatic amines is 1. The third-order valence-corrected chi connectivity index (χ3v) is 4.69. The molecule has 0 spiro atoms. The molecule has 0 aliphatic rings. The summed E-state index contributed by atoms with van der Waals surface area (Å²) in [5, 5.41) is 0. The Labute approximate surface area is 129 Å². The standard InChI is InChI=1S/C15H17NO5S/c1-3-21-15(17)14-9-4-11(16-14)10-22(18,19)13-7-5-12(20-2)6-8-13/h4-9,16H,3,10H2,1-2H3. The summed E-state index contributed by atoms with van der Waals surface area (Å²) in [5.41, 5.74) is 0.667. The van der Waals surface area contributed by atoms with Crippen LogP contribution in [0.15, 0.2) is 41.3 Å². The Morgan fingerprint density at radius 2 is 1.82 bits per heavy atom. The SMILES string of the molecule is CCOC(=O)c1ccc(CS(=O)(=O)c2ccc(OC)cc2)[nH]1. The zero-order chi connectivity index (χ0) is 16.2. The normalized spacial score (nSPS) is 11.2. The van der Waals surface area contributed by atoms with E-state index in [1.807, 2.05) is 0 Å². The smallest absolute Gasteiger partial charge is 0.354 e. The van der Waals surface area contributed by atoms with Gasteiger partial charge < -0.3 is 14.5 Å². The van der Waals surface area contributed by atoms with Crippen LogP contribution in [0.2, 0.25) is 0 Å². The number of hydrogen-bond donors (Lipinski definition) is 1. The molecule has 0 amide bonds. The fourth-order valence-electron chi connectivity index (χ4n) is 1.92. The van der Waals surface area contributed by atoms with Crippen molar-refractivity contribution in [2.24, 2.45) is 0 Å². The molecule has 6 nitrogen and oxygen atoms in total. The molecule has 1 aromatic carbocycles. The van der Waals surface area contributed by atoms with Crippen molar-refractivity contribution >= 4 is 15.8 Å². The van der Waals surface area contributed by atoms with Crippen LogP contribution in [0.25, 0.3) is 0 Å². The fourth-order valence-corrected chi connectivity index (χ4v) is 3.22. The molecular formula is C15H17NO5S. The topological polar surface area (TPSA) is 85.5 Å². The molecule has 0 radical (unpaired) electrons. The molecule has 1 heterocycles. The Bertz CT molecular complexity index is 746. The average Bonchev–Trinajstić information content (AvgIpc) is 2.95. The van der Waals surface area contributed by atoms with Crippen molar-refractivity contribution in [3.05, 3.63) is 47.8 Å². The van der Waals surface area contributed by atoms with Gasteiger partial charge in [0.15, 0.2) is 9.84 Å². The number of ether oxygens (including phenoxy) is 2. The van der Waals surface area contributed by atoms with Gasteiger partial charge >= 0.3 is 5.97 Å². The number of nitrogens with one attached hydrogen (secondary N) is 1. The summed E-state index contributed by atoms with van der Waals surface area (Å²) < 4.78 is 34.5. The minimum Gasteiger partial charge on any atom is -0.497 e. The Morgan fingerprint density at radius 1 is 1.14 bits per heavy atom. The van der Waals surface area contributed by atoms with Crippen LogP contribution in [0.3, 0.4) is 0 Å². The monoisotopic (exact) mass is 323 g/mol. The van der Waals surface area contributed by atoms with Gasteiger partial charge in [-0.2, -0.15) is 0 Å². The van der Waals surface area contributed by atoms with Crippen molar-refractivity contribution in [2.75, 3.05) is 13.7 Å². The van der Waals surface area contributed by atoms with Crippen molar-refractivity contribution in [3.63, 3.8) is 0 Å². The van der Waals surface area contributed by atoms with Crippen LogP contribution in [0.1, 0.15) is 23.1 Å². The number of benzene rings is 1. The Hall–Kier alpha value is -2.28. The average molecular weight is 323 g/mol. The van der Waals surface area contributed by atoms with E-state index >= 15 is 0 Å². The quantitative estimate of drug-likeness (QED) is 0.824. The molecule has 0 saturated heterocycles. The lowest BCUT2D eigenvalue weighted by Crippen LogP contribution is -2.07. The summed E-state index contributed by atoms with van der Waals surface area (Å²) in [7, 11) is -1.99. The van der Waals surface area contributed by atoms with Crippen LogP contribution in [-0.4, -0.2) is 33.1 Å². The Balaban J connectivity index is 2.16. The summed E-state index contributed by atoms with van der Waals surface area (Å²) in [6.07, 6.45) is 0. The second-order valence-electron chi connectivity index (χ2n) is 4.55. The number of hydrogen-bond acceptors (Lipinski definition) is 5. The van der Waals surface area contributed by atoms with Crippen molar-refractivity contribution in [1.82, 2.24) is 4.98 Å².